The van der Waals surface area contributed by atoms with Crippen LogP contribution >= 0.6 is 0 Å². The molecular formula is C10H20N2O3. The molecule has 5 heteroatoms. The van der Waals surface area contributed by atoms with Gasteiger partial charge < -0.3 is 16.2 Å². The topological polar surface area (TPSA) is 92.4 Å². The minimum absolute atomic E-state index is 0.0248. The van der Waals surface area contributed by atoms with Gasteiger partial charge in [0.25, 0.3) is 0 Å². The molecule has 0 aromatic carbocycles. The first-order valence-electron chi connectivity index (χ1n) is 5.04. The third kappa shape index (κ3) is 9.21. The first-order valence-corrected chi connectivity index (χ1v) is 5.04. The lowest BCUT2D eigenvalue weighted by molar-refractivity contribution is -0.137. The van der Waals surface area contributed by atoms with E-state index in [1.807, 2.05) is 13.8 Å². The van der Waals surface area contributed by atoms with Gasteiger partial charge in [-0.25, -0.2) is 0 Å². The smallest absolute Gasteiger partial charge is 0.303 e. The first kappa shape index (κ1) is 13.9. The molecule has 1 amide bonds. The maximum atomic E-state index is 10.4. The first-order chi connectivity index (χ1) is 6.83. The number of carboxylic acids is 1. The molecule has 0 heterocycles. The second-order valence-electron chi connectivity index (χ2n) is 4.45. The molecule has 0 aliphatic carbocycles. The van der Waals surface area contributed by atoms with E-state index in [1.165, 1.54) is 0 Å². The molecule has 0 atom stereocenters. The van der Waals surface area contributed by atoms with Crippen LogP contribution in [0.1, 0.15) is 33.1 Å². The largest absolute Gasteiger partial charge is 0.481 e. The van der Waals surface area contributed by atoms with E-state index in [2.05, 4.69) is 5.32 Å². The number of primary amides is 1. The van der Waals surface area contributed by atoms with Crippen molar-refractivity contribution in [2.24, 2.45) is 11.1 Å². The number of aliphatic carboxylic acids is 1. The number of nitrogens with two attached hydrogens (primary N) is 1. The molecule has 0 aliphatic rings. The Morgan fingerprint density at radius 1 is 1.33 bits per heavy atom. The number of carbonyl (C=O) groups is 2. The molecule has 0 fully saturated rings. The highest BCUT2D eigenvalue weighted by Crippen LogP contribution is 2.25. The Bertz CT molecular complexity index is 227. The lowest BCUT2D eigenvalue weighted by atomic mass is 9.84. The quantitative estimate of drug-likeness (QED) is 0.510. The van der Waals surface area contributed by atoms with Crippen molar-refractivity contribution in [3.8, 4) is 0 Å². The Labute approximate surface area is 90.0 Å². The molecule has 0 bridgehead atoms. The summed E-state index contributed by atoms with van der Waals surface area (Å²) >= 11 is 0. The fourth-order valence-electron chi connectivity index (χ4n) is 1.21. The van der Waals surface area contributed by atoms with E-state index in [9.17, 15) is 9.59 Å². The van der Waals surface area contributed by atoms with E-state index in [-0.39, 0.29) is 24.3 Å². The van der Waals surface area contributed by atoms with E-state index in [0.717, 1.165) is 6.42 Å². The summed E-state index contributed by atoms with van der Waals surface area (Å²) in [7, 11) is 0. The molecular weight excluding hydrogens is 196 g/mol. The monoisotopic (exact) mass is 216 g/mol. The summed E-state index contributed by atoms with van der Waals surface area (Å²) in [5, 5.41) is 11.5. The number of nitrogens with one attached hydrogen (secondary N) is 1. The summed E-state index contributed by atoms with van der Waals surface area (Å²) in [6.45, 7) is 4.88. The highest BCUT2D eigenvalue weighted by molar-refractivity contribution is 5.75. The Morgan fingerprint density at radius 2 is 1.93 bits per heavy atom. The van der Waals surface area contributed by atoms with Crippen LogP contribution in [0.5, 0.6) is 0 Å². The Balaban J connectivity index is 3.64. The van der Waals surface area contributed by atoms with Gasteiger partial charge in [0.05, 0.1) is 6.54 Å². The molecule has 0 rings (SSSR count). The average molecular weight is 216 g/mol. The lowest BCUT2D eigenvalue weighted by Gasteiger charge is -2.23. The van der Waals surface area contributed by atoms with Gasteiger partial charge in [0.15, 0.2) is 0 Å². The third-order valence-corrected chi connectivity index (χ3v) is 2.29. The molecule has 15 heavy (non-hydrogen) atoms. The lowest BCUT2D eigenvalue weighted by Crippen LogP contribution is -2.31. The normalized spacial score (nSPS) is 11.3. The molecule has 4 N–H and O–H groups in total. The molecule has 0 unspecified atom stereocenters. The fraction of sp³-hybridized carbons (Fsp3) is 0.800. The van der Waals surface area contributed by atoms with Gasteiger partial charge in [0.1, 0.15) is 0 Å². The predicted molar refractivity (Wildman–Crippen MR) is 57.3 cm³/mol. The van der Waals surface area contributed by atoms with Crippen LogP contribution in [-0.2, 0) is 9.59 Å². The van der Waals surface area contributed by atoms with Crippen LogP contribution in [0, 0.1) is 5.41 Å². The fourth-order valence-corrected chi connectivity index (χ4v) is 1.21. The third-order valence-electron chi connectivity index (χ3n) is 2.29. The molecule has 0 aromatic rings. The van der Waals surface area contributed by atoms with Crippen molar-refractivity contribution < 1.29 is 14.7 Å². The summed E-state index contributed by atoms with van der Waals surface area (Å²) in [5.74, 6) is -1.15. The number of amides is 1. The zero-order valence-electron chi connectivity index (χ0n) is 9.38. The number of hydrogen-bond donors (Lipinski definition) is 3. The molecule has 0 saturated heterocycles. The van der Waals surface area contributed by atoms with Crippen LogP contribution in [0.4, 0.5) is 0 Å². The van der Waals surface area contributed by atoms with Crippen molar-refractivity contribution in [1.82, 2.24) is 5.32 Å². The molecule has 5 nitrogen and oxygen atoms in total. The summed E-state index contributed by atoms with van der Waals surface area (Å²) in [5.41, 5.74) is 4.94. The van der Waals surface area contributed by atoms with Gasteiger partial charge in [0, 0.05) is 6.42 Å². The summed E-state index contributed by atoms with van der Waals surface area (Å²) in [6.07, 6.45) is 1.65. The van der Waals surface area contributed by atoms with Gasteiger partial charge in [-0.3, -0.25) is 9.59 Å². The second-order valence-corrected chi connectivity index (χ2v) is 4.45. The Hall–Kier alpha value is -1.10. The van der Waals surface area contributed by atoms with Gasteiger partial charge in [-0.2, -0.15) is 0 Å². The van der Waals surface area contributed by atoms with E-state index >= 15 is 0 Å². The zero-order valence-corrected chi connectivity index (χ0v) is 9.38. The standard InChI is InChI=1S/C10H20N2O3/c1-10(2,4-3-9(14)15)5-6-12-7-8(11)13/h12H,3-7H2,1-2H3,(H2,11,13)(H,14,15). The predicted octanol–water partition coefficient (Wildman–Crippen LogP) is 0.342. The molecule has 0 aliphatic heterocycles. The maximum Gasteiger partial charge on any atom is 0.303 e. The number of carboxylic acid groups (broad SMARTS) is 1. The number of carbonyl (C=O) groups excluding carboxylic acids is 1. The van der Waals surface area contributed by atoms with E-state index in [4.69, 9.17) is 10.8 Å². The van der Waals surface area contributed by atoms with Crippen molar-refractivity contribution in [3.05, 3.63) is 0 Å². The van der Waals surface area contributed by atoms with Gasteiger partial charge in [-0.05, 0) is 24.8 Å². The highest BCUT2D eigenvalue weighted by atomic mass is 16.4. The summed E-state index contributed by atoms with van der Waals surface area (Å²) in [6, 6.07) is 0. The van der Waals surface area contributed by atoms with Gasteiger partial charge >= 0.3 is 5.97 Å². The Kier molecular flexibility index (Phi) is 5.93. The van der Waals surface area contributed by atoms with Crippen LogP contribution in [0.3, 0.4) is 0 Å². The van der Waals surface area contributed by atoms with Crippen molar-refractivity contribution in [1.29, 1.82) is 0 Å². The summed E-state index contributed by atoms with van der Waals surface area (Å²) < 4.78 is 0. The number of hydrogen-bond acceptors (Lipinski definition) is 3. The second kappa shape index (κ2) is 6.40. The van der Waals surface area contributed by atoms with Crippen molar-refractivity contribution >= 4 is 11.9 Å². The van der Waals surface area contributed by atoms with Crippen LogP contribution < -0.4 is 11.1 Å². The zero-order chi connectivity index (χ0) is 11.9. The summed E-state index contributed by atoms with van der Waals surface area (Å²) in [4.78, 5) is 20.8. The van der Waals surface area contributed by atoms with Gasteiger partial charge in [-0.15, -0.1) is 0 Å². The molecule has 0 aromatic heterocycles. The minimum atomic E-state index is -0.770. The van der Waals surface area contributed by atoms with E-state index in [1.54, 1.807) is 0 Å². The SMILES string of the molecule is CC(C)(CCNCC(N)=O)CCC(=O)O. The van der Waals surface area contributed by atoms with E-state index in [0.29, 0.717) is 13.0 Å². The van der Waals surface area contributed by atoms with Gasteiger partial charge in [-0.1, -0.05) is 13.8 Å². The van der Waals surface area contributed by atoms with Crippen LogP contribution in [0.15, 0.2) is 0 Å². The van der Waals surface area contributed by atoms with Crippen molar-refractivity contribution in [3.63, 3.8) is 0 Å². The molecule has 0 radical (unpaired) electrons. The maximum absolute atomic E-state index is 10.4. The van der Waals surface area contributed by atoms with Crippen LogP contribution in [0.25, 0.3) is 0 Å². The Morgan fingerprint density at radius 3 is 2.40 bits per heavy atom. The molecule has 88 valence electrons. The highest BCUT2D eigenvalue weighted by Gasteiger charge is 2.18. The molecule has 0 spiro atoms. The minimum Gasteiger partial charge on any atom is -0.481 e. The van der Waals surface area contributed by atoms with Crippen LogP contribution in [0.2, 0.25) is 0 Å². The van der Waals surface area contributed by atoms with Crippen LogP contribution in [-0.4, -0.2) is 30.1 Å². The van der Waals surface area contributed by atoms with Crippen molar-refractivity contribution in [2.45, 2.75) is 33.1 Å². The number of rotatable bonds is 8. The van der Waals surface area contributed by atoms with Gasteiger partial charge in [0.2, 0.25) is 5.91 Å². The average Bonchev–Trinajstić information content (AvgIpc) is 2.09. The molecule has 0 saturated carbocycles. The van der Waals surface area contributed by atoms with Crippen molar-refractivity contribution in [2.75, 3.05) is 13.1 Å². The van der Waals surface area contributed by atoms with E-state index < -0.39 is 5.97 Å².